The summed E-state index contributed by atoms with van der Waals surface area (Å²) < 4.78 is 12.6. The van der Waals surface area contributed by atoms with E-state index in [4.69, 9.17) is 23.8 Å². The lowest BCUT2D eigenvalue weighted by Gasteiger charge is -2.23. The number of oxazole rings is 1. The van der Waals surface area contributed by atoms with Crippen molar-refractivity contribution in [1.29, 1.82) is 0 Å². The third-order valence-electron chi connectivity index (χ3n) is 8.16. The molecule has 0 fully saturated rings. The van der Waals surface area contributed by atoms with E-state index in [0.29, 0.717) is 5.89 Å². The van der Waals surface area contributed by atoms with E-state index in [0.717, 1.165) is 77.7 Å². The van der Waals surface area contributed by atoms with E-state index in [9.17, 15) is 0 Å². The minimum atomic E-state index is -0.481. The quantitative estimate of drug-likeness (QED) is 0.230. The number of furan rings is 1. The highest BCUT2D eigenvalue weighted by Crippen LogP contribution is 2.35. The number of aromatic nitrogens is 1. The summed E-state index contributed by atoms with van der Waals surface area (Å²) in [5, 5.41) is 7.67. The molecule has 6 heteroatoms. The van der Waals surface area contributed by atoms with Crippen LogP contribution in [-0.4, -0.2) is 16.7 Å². The molecule has 1 aliphatic rings. The predicted molar refractivity (Wildman–Crippen MR) is 176 cm³/mol. The first-order valence-corrected chi connectivity index (χ1v) is 14.6. The molecule has 0 radical (unpaired) electrons. The molecule has 0 saturated heterocycles. The maximum Gasteiger partial charge on any atom is 0.227 e. The Morgan fingerprint density at radius 3 is 2.16 bits per heavy atom. The van der Waals surface area contributed by atoms with Gasteiger partial charge in [0, 0.05) is 32.8 Å². The van der Waals surface area contributed by atoms with Crippen molar-refractivity contribution in [1.82, 2.24) is 10.3 Å². The molecule has 6 nitrogen and oxygen atoms in total. The van der Waals surface area contributed by atoms with Gasteiger partial charge in [0.25, 0.3) is 0 Å². The highest BCUT2D eigenvalue weighted by Gasteiger charge is 2.24. The predicted octanol–water partition coefficient (Wildman–Crippen LogP) is 9.04. The largest absolute Gasteiger partial charge is 0.456 e. The van der Waals surface area contributed by atoms with Crippen molar-refractivity contribution in [3.8, 4) is 11.5 Å². The SMILES string of the molecule is c1ccc(C2=NC(c3ccc4ccc5nc(-c6ccccc6)oc5c4c3)N=C(c3cccc4oc5ccccc5c34)N2)cc1. The van der Waals surface area contributed by atoms with Crippen LogP contribution in [0.3, 0.4) is 0 Å². The average molecular weight is 569 g/mol. The maximum absolute atomic E-state index is 6.37. The van der Waals surface area contributed by atoms with Crippen molar-refractivity contribution in [3.05, 3.63) is 150 Å². The second kappa shape index (κ2) is 9.78. The average Bonchev–Trinajstić information content (AvgIpc) is 3.71. The molecular weight excluding hydrogens is 544 g/mol. The fourth-order valence-corrected chi connectivity index (χ4v) is 6.04. The minimum Gasteiger partial charge on any atom is -0.456 e. The van der Waals surface area contributed by atoms with Crippen LogP contribution in [0.1, 0.15) is 22.9 Å². The van der Waals surface area contributed by atoms with Crippen molar-refractivity contribution in [2.75, 3.05) is 0 Å². The maximum atomic E-state index is 6.37. The lowest BCUT2D eigenvalue weighted by Crippen LogP contribution is -2.36. The van der Waals surface area contributed by atoms with Gasteiger partial charge < -0.3 is 14.2 Å². The van der Waals surface area contributed by atoms with Crippen LogP contribution in [0.25, 0.3) is 55.3 Å². The van der Waals surface area contributed by atoms with Gasteiger partial charge in [-0.25, -0.2) is 15.0 Å². The summed E-state index contributed by atoms with van der Waals surface area (Å²) in [6.45, 7) is 0. The highest BCUT2D eigenvalue weighted by molar-refractivity contribution is 6.23. The Hall–Kier alpha value is -6.01. The zero-order chi connectivity index (χ0) is 29.0. The van der Waals surface area contributed by atoms with Gasteiger partial charge in [0.05, 0.1) is 0 Å². The summed E-state index contributed by atoms with van der Waals surface area (Å²) in [7, 11) is 0. The molecule has 8 aromatic rings. The zero-order valence-corrected chi connectivity index (χ0v) is 23.4. The molecule has 1 aliphatic heterocycles. The van der Waals surface area contributed by atoms with Gasteiger partial charge in [0.1, 0.15) is 28.4 Å². The molecule has 0 spiro atoms. The summed E-state index contributed by atoms with van der Waals surface area (Å²) in [4.78, 5) is 15.1. The van der Waals surface area contributed by atoms with Crippen molar-refractivity contribution in [3.63, 3.8) is 0 Å². The molecule has 0 saturated carbocycles. The van der Waals surface area contributed by atoms with E-state index in [1.54, 1.807) is 0 Å². The lowest BCUT2D eigenvalue weighted by atomic mass is 10.0. The van der Waals surface area contributed by atoms with Crippen molar-refractivity contribution in [2.24, 2.45) is 9.98 Å². The van der Waals surface area contributed by atoms with E-state index in [1.807, 2.05) is 84.9 Å². The second-order valence-electron chi connectivity index (χ2n) is 10.9. The van der Waals surface area contributed by atoms with Crippen LogP contribution >= 0.6 is 0 Å². The van der Waals surface area contributed by atoms with Gasteiger partial charge in [-0.3, -0.25) is 0 Å². The molecule has 3 heterocycles. The third kappa shape index (κ3) is 4.00. The standard InChI is InChI=1S/C38H24N4O2/c1-3-10-24(11-4-1)35-40-36(42-37(41-35)28-15-9-17-32-33(28)27-14-7-8-16-31(27)43-32)26-19-18-23-20-21-30-34(29(23)22-26)44-38(39-30)25-12-5-2-6-13-25/h1-22,36H,(H,40,41,42). The zero-order valence-electron chi connectivity index (χ0n) is 23.4. The first kappa shape index (κ1) is 24.6. The molecule has 1 atom stereocenters. The van der Waals surface area contributed by atoms with Crippen LogP contribution in [0.2, 0.25) is 0 Å². The van der Waals surface area contributed by atoms with E-state index in [1.165, 1.54) is 0 Å². The normalized spacial score (nSPS) is 15.0. The van der Waals surface area contributed by atoms with Gasteiger partial charge in [-0.05, 0) is 47.3 Å². The number of fused-ring (bicyclic) bond motifs is 6. The summed E-state index contributed by atoms with van der Waals surface area (Å²) in [6, 6.07) is 44.8. The number of rotatable bonds is 4. The molecule has 44 heavy (non-hydrogen) atoms. The summed E-state index contributed by atoms with van der Waals surface area (Å²) in [5.41, 5.74) is 7.09. The molecule has 2 aromatic heterocycles. The summed E-state index contributed by atoms with van der Waals surface area (Å²) in [5.74, 6) is 2.10. The molecule has 208 valence electrons. The molecule has 9 rings (SSSR count). The van der Waals surface area contributed by atoms with E-state index < -0.39 is 6.17 Å². The molecule has 6 aromatic carbocycles. The van der Waals surface area contributed by atoms with Crippen molar-refractivity contribution in [2.45, 2.75) is 6.17 Å². The van der Waals surface area contributed by atoms with Gasteiger partial charge in [-0.2, -0.15) is 0 Å². The Labute approximate surface area is 252 Å². The first-order valence-electron chi connectivity index (χ1n) is 14.6. The topological polar surface area (TPSA) is 75.9 Å². The fourth-order valence-electron chi connectivity index (χ4n) is 6.04. The Morgan fingerprint density at radius 1 is 0.568 bits per heavy atom. The number of nitrogens with zero attached hydrogens (tertiary/aromatic N) is 3. The minimum absolute atomic E-state index is 0.481. The Bertz CT molecular complexity index is 2420. The monoisotopic (exact) mass is 568 g/mol. The summed E-state index contributed by atoms with van der Waals surface area (Å²) >= 11 is 0. The molecule has 0 amide bonds. The van der Waals surface area contributed by atoms with Crippen molar-refractivity contribution >= 4 is 55.5 Å². The number of benzene rings is 6. The molecule has 0 bridgehead atoms. The molecule has 1 unspecified atom stereocenters. The van der Waals surface area contributed by atoms with E-state index in [-0.39, 0.29) is 0 Å². The van der Waals surface area contributed by atoms with E-state index in [2.05, 4.69) is 53.8 Å². The van der Waals surface area contributed by atoms with Gasteiger partial charge in [0.2, 0.25) is 5.89 Å². The van der Waals surface area contributed by atoms with Crippen LogP contribution in [0.15, 0.2) is 152 Å². The van der Waals surface area contributed by atoms with E-state index >= 15 is 0 Å². The number of amidine groups is 2. The number of hydrogen-bond acceptors (Lipinski definition) is 6. The van der Waals surface area contributed by atoms with Crippen LogP contribution < -0.4 is 5.32 Å². The third-order valence-corrected chi connectivity index (χ3v) is 8.16. The molecule has 0 aliphatic carbocycles. The first-order chi connectivity index (χ1) is 21.8. The van der Waals surface area contributed by atoms with Crippen LogP contribution in [0.4, 0.5) is 0 Å². The van der Waals surface area contributed by atoms with Gasteiger partial charge >= 0.3 is 0 Å². The van der Waals surface area contributed by atoms with Gasteiger partial charge in [-0.1, -0.05) is 97.1 Å². The number of aliphatic imine (C=N–C) groups is 2. The van der Waals surface area contributed by atoms with Crippen LogP contribution in [0.5, 0.6) is 0 Å². The fraction of sp³-hybridized carbons (Fsp3) is 0.0263. The van der Waals surface area contributed by atoms with Gasteiger partial charge in [-0.15, -0.1) is 0 Å². The Balaban J connectivity index is 1.22. The summed E-state index contributed by atoms with van der Waals surface area (Å²) in [6.07, 6.45) is -0.481. The van der Waals surface area contributed by atoms with Gasteiger partial charge in [0.15, 0.2) is 11.7 Å². The van der Waals surface area contributed by atoms with Crippen LogP contribution in [-0.2, 0) is 0 Å². The molecule has 1 N–H and O–H groups in total. The van der Waals surface area contributed by atoms with Crippen LogP contribution in [0, 0.1) is 0 Å². The Kier molecular flexibility index (Phi) is 5.46. The highest BCUT2D eigenvalue weighted by atomic mass is 16.3. The second-order valence-corrected chi connectivity index (χ2v) is 10.9. The van der Waals surface area contributed by atoms with Crippen molar-refractivity contribution < 1.29 is 8.83 Å². The number of para-hydroxylation sites is 1. The lowest BCUT2D eigenvalue weighted by molar-refractivity contribution is 0.623. The number of nitrogens with one attached hydrogen (secondary N) is 1. The molecular formula is C38H24N4O2. The smallest absolute Gasteiger partial charge is 0.227 e. The Morgan fingerprint density at radius 2 is 1.30 bits per heavy atom. The number of hydrogen-bond donors (Lipinski definition) is 1.